The Kier molecular flexibility index (Phi) is 3.93. The molecule has 1 unspecified atom stereocenters. The van der Waals surface area contributed by atoms with Crippen molar-refractivity contribution in [1.29, 1.82) is 0 Å². The van der Waals surface area contributed by atoms with Gasteiger partial charge in [-0.1, -0.05) is 12.1 Å². The number of halogens is 1. The van der Waals surface area contributed by atoms with E-state index in [4.69, 9.17) is 4.74 Å². The summed E-state index contributed by atoms with van der Waals surface area (Å²) >= 11 is 0. The SMILES string of the molecule is COCC(c1ccccn1)n1cnc2cccc(F)c2c1=O. The Morgan fingerprint density at radius 1 is 1.23 bits per heavy atom. The van der Waals surface area contributed by atoms with Crippen LogP contribution in [0.2, 0.25) is 0 Å². The van der Waals surface area contributed by atoms with Crippen LogP contribution in [0.15, 0.2) is 53.7 Å². The van der Waals surface area contributed by atoms with Crippen molar-refractivity contribution in [2.75, 3.05) is 13.7 Å². The van der Waals surface area contributed by atoms with Crippen molar-refractivity contribution in [3.63, 3.8) is 0 Å². The predicted molar refractivity (Wildman–Crippen MR) is 80.2 cm³/mol. The lowest BCUT2D eigenvalue weighted by Gasteiger charge is -2.18. The summed E-state index contributed by atoms with van der Waals surface area (Å²) in [5.41, 5.74) is 0.540. The molecule has 0 radical (unpaired) electrons. The number of fused-ring (bicyclic) bond motifs is 1. The fraction of sp³-hybridized carbons (Fsp3) is 0.188. The van der Waals surface area contributed by atoms with Crippen LogP contribution in [0.25, 0.3) is 10.9 Å². The van der Waals surface area contributed by atoms with E-state index in [1.54, 1.807) is 24.4 Å². The van der Waals surface area contributed by atoms with Crippen molar-refractivity contribution < 1.29 is 9.13 Å². The summed E-state index contributed by atoms with van der Waals surface area (Å²) in [7, 11) is 1.54. The molecule has 0 aliphatic carbocycles. The number of pyridine rings is 1. The Labute approximate surface area is 126 Å². The smallest absolute Gasteiger partial charge is 0.264 e. The summed E-state index contributed by atoms with van der Waals surface area (Å²) in [5.74, 6) is -0.582. The fourth-order valence-electron chi connectivity index (χ4n) is 2.40. The van der Waals surface area contributed by atoms with E-state index < -0.39 is 17.4 Å². The maximum atomic E-state index is 14.0. The predicted octanol–water partition coefficient (Wildman–Crippen LogP) is 2.17. The van der Waals surface area contributed by atoms with E-state index in [-0.39, 0.29) is 12.0 Å². The topological polar surface area (TPSA) is 57.0 Å². The van der Waals surface area contributed by atoms with Gasteiger partial charge in [0.15, 0.2) is 0 Å². The molecule has 2 heterocycles. The van der Waals surface area contributed by atoms with Gasteiger partial charge in [0.2, 0.25) is 0 Å². The van der Waals surface area contributed by atoms with Gasteiger partial charge < -0.3 is 4.74 Å². The minimum absolute atomic E-state index is 0.0259. The Balaban J connectivity index is 2.21. The third-order valence-corrected chi connectivity index (χ3v) is 3.45. The standard InChI is InChI=1S/C16H14FN3O2/c1-22-9-14(12-6-2-3-8-18-12)20-10-19-13-7-4-5-11(17)15(13)16(20)21/h2-8,10,14H,9H2,1H3. The fourth-order valence-corrected chi connectivity index (χ4v) is 2.40. The van der Waals surface area contributed by atoms with E-state index in [1.165, 1.54) is 30.1 Å². The van der Waals surface area contributed by atoms with Crippen molar-refractivity contribution >= 4 is 10.9 Å². The molecule has 22 heavy (non-hydrogen) atoms. The lowest BCUT2D eigenvalue weighted by atomic mass is 10.1. The summed E-state index contributed by atoms with van der Waals surface area (Å²) in [5, 5.41) is -0.0259. The number of nitrogens with zero attached hydrogens (tertiary/aromatic N) is 3. The van der Waals surface area contributed by atoms with Crippen LogP contribution in [0.1, 0.15) is 11.7 Å². The molecule has 112 valence electrons. The van der Waals surface area contributed by atoms with Crippen LogP contribution >= 0.6 is 0 Å². The zero-order valence-corrected chi connectivity index (χ0v) is 11.9. The first-order valence-electron chi connectivity index (χ1n) is 6.77. The zero-order valence-electron chi connectivity index (χ0n) is 11.9. The highest BCUT2D eigenvalue weighted by molar-refractivity contribution is 5.77. The molecule has 1 aromatic carbocycles. The average Bonchev–Trinajstić information content (AvgIpc) is 2.54. The molecule has 0 spiro atoms. The van der Waals surface area contributed by atoms with Crippen molar-refractivity contribution in [2.45, 2.75) is 6.04 Å². The first kappa shape index (κ1) is 14.3. The van der Waals surface area contributed by atoms with Crippen LogP contribution in [-0.2, 0) is 4.74 Å². The van der Waals surface area contributed by atoms with Crippen molar-refractivity contribution in [3.05, 3.63) is 70.8 Å². The molecule has 5 nitrogen and oxygen atoms in total. The largest absolute Gasteiger partial charge is 0.382 e. The Morgan fingerprint density at radius 2 is 2.09 bits per heavy atom. The van der Waals surface area contributed by atoms with E-state index in [2.05, 4.69) is 9.97 Å². The van der Waals surface area contributed by atoms with E-state index >= 15 is 0 Å². The average molecular weight is 299 g/mol. The molecule has 0 saturated heterocycles. The molecule has 0 fully saturated rings. The van der Waals surface area contributed by atoms with Gasteiger partial charge in [0.1, 0.15) is 17.2 Å². The minimum Gasteiger partial charge on any atom is -0.382 e. The van der Waals surface area contributed by atoms with Crippen LogP contribution in [0.5, 0.6) is 0 Å². The molecule has 0 amide bonds. The number of methoxy groups -OCH3 is 1. The lowest BCUT2D eigenvalue weighted by Crippen LogP contribution is -2.29. The Hall–Kier alpha value is -2.60. The normalized spacial score (nSPS) is 12.5. The molecule has 0 aliphatic heterocycles. The molecular weight excluding hydrogens is 285 g/mol. The third-order valence-electron chi connectivity index (χ3n) is 3.45. The van der Waals surface area contributed by atoms with Gasteiger partial charge >= 0.3 is 0 Å². The zero-order chi connectivity index (χ0) is 15.5. The van der Waals surface area contributed by atoms with Gasteiger partial charge in [0.05, 0.1) is 24.1 Å². The first-order valence-corrected chi connectivity index (χ1v) is 6.77. The summed E-state index contributed by atoms with van der Waals surface area (Å²) in [6.07, 6.45) is 3.04. The molecule has 6 heteroatoms. The third kappa shape index (κ3) is 2.48. The highest BCUT2D eigenvalue weighted by Gasteiger charge is 2.19. The second-order valence-electron chi connectivity index (χ2n) is 4.82. The molecule has 1 atom stereocenters. The van der Waals surface area contributed by atoms with Gasteiger partial charge in [0.25, 0.3) is 5.56 Å². The molecule has 3 rings (SSSR count). The second-order valence-corrected chi connectivity index (χ2v) is 4.82. The molecule has 0 aliphatic rings. The number of ether oxygens (including phenoxy) is 1. The van der Waals surface area contributed by atoms with Gasteiger partial charge in [-0.15, -0.1) is 0 Å². The number of benzene rings is 1. The van der Waals surface area contributed by atoms with Crippen LogP contribution in [0, 0.1) is 5.82 Å². The minimum atomic E-state index is -0.582. The molecular formula is C16H14FN3O2. The summed E-state index contributed by atoms with van der Waals surface area (Å²) < 4.78 is 20.5. The van der Waals surface area contributed by atoms with E-state index in [1.807, 2.05) is 6.07 Å². The molecule has 0 bridgehead atoms. The number of hydrogen-bond donors (Lipinski definition) is 0. The summed E-state index contributed by atoms with van der Waals surface area (Å²) in [6, 6.07) is 9.33. The number of aromatic nitrogens is 3. The Bertz CT molecular complexity index is 849. The van der Waals surface area contributed by atoms with Crippen LogP contribution in [0.3, 0.4) is 0 Å². The second kappa shape index (κ2) is 6.03. The molecule has 0 saturated carbocycles. The highest BCUT2D eigenvalue weighted by atomic mass is 19.1. The maximum Gasteiger partial charge on any atom is 0.264 e. The van der Waals surface area contributed by atoms with E-state index in [0.29, 0.717) is 11.2 Å². The molecule has 0 N–H and O–H groups in total. The first-order chi connectivity index (χ1) is 10.7. The summed E-state index contributed by atoms with van der Waals surface area (Å²) in [4.78, 5) is 21.1. The molecule has 2 aromatic heterocycles. The van der Waals surface area contributed by atoms with Gasteiger partial charge in [-0.2, -0.15) is 0 Å². The summed E-state index contributed by atoms with van der Waals surface area (Å²) in [6.45, 7) is 0.235. The maximum absolute atomic E-state index is 14.0. The molecule has 3 aromatic rings. The van der Waals surface area contributed by atoms with Crippen molar-refractivity contribution in [1.82, 2.24) is 14.5 Å². The van der Waals surface area contributed by atoms with Gasteiger partial charge in [-0.3, -0.25) is 14.3 Å². The van der Waals surface area contributed by atoms with Crippen LogP contribution in [-0.4, -0.2) is 28.3 Å². The van der Waals surface area contributed by atoms with Crippen molar-refractivity contribution in [3.8, 4) is 0 Å². The van der Waals surface area contributed by atoms with Crippen LogP contribution in [0.4, 0.5) is 4.39 Å². The highest BCUT2D eigenvalue weighted by Crippen LogP contribution is 2.17. The monoisotopic (exact) mass is 299 g/mol. The van der Waals surface area contributed by atoms with Crippen LogP contribution < -0.4 is 5.56 Å². The number of rotatable bonds is 4. The Morgan fingerprint density at radius 3 is 2.82 bits per heavy atom. The van der Waals surface area contributed by atoms with E-state index in [0.717, 1.165) is 0 Å². The van der Waals surface area contributed by atoms with E-state index in [9.17, 15) is 9.18 Å². The van der Waals surface area contributed by atoms with Crippen molar-refractivity contribution in [2.24, 2.45) is 0 Å². The quantitative estimate of drug-likeness (QED) is 0.741. The number of hydrogen-bond acceptors (Lipinski definition) is 4. The van der Waals surface area contributed by atoms with Gasteiger partial charge in [0, 0.05) is 13.3 Å². The lowest BCUT2D eigenvalue weighted by molar-refractivity contribution is 0.166. The van der Waals surface area contributed by atoms with Gasteiger partial charge in [-0.05, 0) is 24.3 Å². The van der Waals surface area contributed by atoms with Gasteiger partial charge in [-0.25, -0.2) is 9.37 Å².